The number of hydrogen-bond donors (Lipinski definition) is 1. The minimum atomic E-state index is -4.96. The van der Waals surface area contributed by atoms with Gasteiger partial charge in [0.15, 0.2) is 0 Å². The largest absolute Gasteiger partial charge is 0.507 e. The molecule has 168 valence electrons. The van der Waals surface area contributed by atoms with E-state index in [0.29, 0.717) is 23.4 Å². The Hall–Kier alpha value is -2.71. The van der Waals surface area contributed by atoms with E-state index in [1.165, 1.54) is 13.2 Å². The first-order valence-corrected chi connectivity index (χ1v) is 9.73. The van der Waals surface area contributed by atoms with Crippen molar-refractivity contribution in [2.75, 3.05) is 7.11 Å². The summed E-state index contributed by atoms with van der Waals surface area (Å²) in [7, 11) is 1.43. The lowest BCUT2D eigenvalue weighted by atomic mass is 9.83. The molecular weight excluding hydrogens is 424 g/mol. The van der Waals surface area contributed by atoms with Crippen molar-refractivity contribution in [3.63, 3.8) is 0 Å². The van der Waals surface area contributed by atoms with Gasteiger partial charge in [-0.15, -0.1) is 0 Å². The van der Waals surface area contributed by atoms with Crippen molar-refractivity contribution in [1.29, 1.82) is 0 Å². The second-order valence-electron chi connectivity index (χ2n) is 7.51. The van der Waals surface area contributed by atoms with Crippen LogP contribution in [0.5, 0.6) is 11.5 Å². The zero-order valence-electron chi connectivity index (χ0n) is 16.6. The van der Waals surface area contributed by atoms with Crippen molar-refractivity contribution in [2.24, 2.45) is 4.99 Å². The average molecular weight is 445 g/mol. The molecule has 0 spiro atoms. The number of halogens is 6. The van der Waals surface area contributed by atoms with Gasteiger partial charge in [-0.1, -0.05) is 19.3 Å². The first-order valence-electron chi connectivity index (χ1n) is 9.73. The zero-order chi connectivity index (χ0) is 22.8. The van der Waals surface area contributed by atoms with Crippen LogP contribution in [-0.2, 0) is 12.4 Å². The van der Waals surface area contributed by atoms with Crippen LogP contribution in [0.15, 0.2) is 35.3 Å². The first-order chi connectivity index (χ1) is 14.5. The number of rotatable bonds is 4. The Morgan fingerprint density at radius 1 is 0.903 bits per heavy atom. The van der Waals surface area contributed by atoms with Crippen molar-refractivity contribution in [1.82, 2.24) is 0 Å². The molecule has 3 rings (SSSR count). The molecule has 0 aliphatic heterocycles. The normalized spacial score (nSPS) is 16.1. The third kappa shape index (κ3) is 5.51. The van der Waals surface area contributed by atoms with Crippen LogP contribution >= 0.6 is 0 Å². The fourth-order valence-corrected chi connectivity index (χ4v) is 3.75. The van der Waals surface area contributed by atoms with Gasteiger partial charge in [-0.2, -0.15) is 26.3 Å². The molecule has 1 aliphatic rings. The number of hydrogen-bond acceptors (Lipinski definition) is 3. The van der Waals surface area contributed by atoms with E-state index < -0.39 is 29.2 Å². The Kier molecular flexibility index (Phi) is 6.52. The smallest absolute Gasteiger partial charge is 0.416 e. The molecule has 0 saturated heterocycles. The summed E-state index contributed by atoms with van der Waals surface area (Å²) in [4.78, 5) is 3.81. The van der Waals surface area contributed by atoms with Gasteiger partial charge in [0.2, 0.25) is 0 Å². The van der Waals surface area contributed by atoms with Crippen molar-refractivity contribution < 1.29 is 36.2 Å². The summed E-state index contributed by atoms with van der Waals surface area (Å²) in [6.45, 7) is 0. The third-order valence-corrected chi connectivity index (χ3v) is 5.35. The Bertz CT molecular complexity index is 927. The maximum atomic E-state index is 13.0. The van der Waals surface area contributed by atoms with Crippen LogP contribution in [0.25, 0.3) is 0 Å². The Morgan fingerprint density at radius 2 is 1.48 bits per heavy atom. The van der Waals surface area contributed by atoms with Gasteiger partial charge in [0, 0.05) is 17.3 Å². The molecule has 9 heteroatoms. The Labute approximate surface area is 175 Å². The van der Waals surface area contributed by atoms with Crippen LogP contribution in [0.3, 0.4) is 0 Å². The summed E-state index contributed by atoms with van der Waals surface area (Å²) >= 11 is 0. The molecule has 31 heavy (non-hydrogen) atoms. The second kappa shape index (κ2) is 8.80. The van der Waals surface area contributed by atoms with E-state index in [0.717, 1.165) is 38.3 Å². The van der Waals surface area contributed by atoms with Gasteiger partial charge < -0.3 is 9.84 Å². The molecule has 1 saturated carbocycles. The van der Waals surface area contributed by atoms with Crippen LogP contribution in [0.4, 0.5) is 32.0 Å². The lowest BCUT2D eigenvalue weighted by Gasteiger charge is -2.24. The van der Waals surface area contributed by atoms with E-state index in [1.807, 2.05) is 0 Å². The highest BCUT2D eigenvalue weighted by Crippen LogP contribution is 2.41. The van der Waals surface area contributed by atoms with Crippen molar-refractivity contribution in [3.05, 3.63) is 52.6 Å². The van der Waals surface area contributed by atoms with Gasteiger partial charge in [0.25, 0.3) is 0 Å². The number of nitrogens with zero attached hydrogens (tertiary/aromatic N) is 1. The van der Waals surface area contributed by atoms with Gasteiger partial charge in [-0.05, 0) is 49.1 Å². The van der Waals surface area contributed by atoms with E-state index in [2.05, 4.69) is 4.99 Å². The number of phenolic OH excluding ortho intramolecular Hbond substituents is 1. The summed E-state index contributed by atoms with van der Waals surface area (Å²) in [5.74, 6) is 0.417. The number of aromatic hydroxyl groups is 1. The molecule has 0 amide bonds. The molecule has 0 heterocycles. The van der Waals surface area contributed by atoms with Crippen molar-refractivity contribution in [2.45, 2.75) is 50.4 Å². The Morgan fingerprint density at radius 3 is 2.00 bits per heavy atom. The standard InChI is InChI=1S/C22H21F6NO2/c1-31-18-7-14(20(30)19(11-18)13-5-3-2-4-6-13)12-29-17-9-15(21(23,24)25)8-16(10-17)22(26,27)28/h7-13,30H,2-6H2,1H3. The lowest BCUT2D eigenvalue weighted by Crippen LogP contribution is -2.10. The molecule has 0 atom stereocenters. The monoisotopic (exact) mass is 445 g/mol. The molecule has 0 radical (unpaired) electrons. The highest BCUT2D eigenvalue weighted by Gasteiger charge is 2.37. The van der Waals surface area contributed by atoms with E-state index in [9.17, 15) is 31.4 Å². The van der Waals surface area contributed by atoms with Gasteiger partial charge in [-0.3, -0.25) is 4.99 Å². The topological polar surface area (TPSA) is 41.8 Å². The van der Waals surface area contributed by atoms with Crippen LogP contribution in [0.2, 0.25) is 0 Å². The fraction of sp³-hybridized carbons (Fsp3) is 0.409. The molecule has 2 aromatic rings. The van der Waals surface area contributed by atoms with E-state index >= 15 is 0 Å². The molecular formula is C22H21F6NO2. The predicted octanol–water partition coefficient (Wildman–Crippen LogP) is 7.24. The molecule has 1 aliphatic carbocycles. The van der Waals surface area contributed by atoms with Gasteiger partial charge >= 0.3 is 12.4 Å². The minimum Gasteiger partial charge on any atom is -0.507 e. The lowest BCUT2D eigenvalue weighted by molar-refractivity contribution is -0.143. The molecule has 0 bridgehead atoms. The van der Waals surface area contributed by atoms with Gasteiger partial charge in [0.1, 0.15) is 11.5 Å². The Balaban J connectivity index is 2.03. The molecule has 0 aromatic heterocycles. The number of ether oxygens (including phenoxy) is 1. The number of aliphatic imine (C=N–C) groups is 1. The molecule has 1 fully saturated rings. The highest BCUT2D eigenvalue weighted by molar-refractivity contribution is 5.87. The fourth-order valence-electron chi connectivity index (χ4n) is 3.75. The minimum absolute atomic E-state index is 0.0449. The van der Waals surface area contributed by atoms with Crippen LogP contribution in [-0.4, -0.2) is 18.4 Å². The highest BCUT2D eigenvalue weighted by atomic mass is 19.4. The SMILES string of the molecule is COc1cc(C=Nc2cc(C(F)(F)F)cc(C(F)(F)F)c2)c(O)c(C2CCCCC2)c1. The van der Waals surface area contributed by atoms with Crippen LogP contribution in [0.1, 0.15) is 60.3 Å². The number of methoxy groups -OCH3 is 1. The average Bonchev–Trinajstić information content (AvgIpc) is 2.72. The van der Waals surface area contributed by atoms with E-state index in [1.54, 1.807) is 6.07 Å². The first kappa shape index (κ1) is 23.0. The molecule has 1 N–H and O–H groups in total. The quantitative estimate of drug-likeness (QED) is 0.398. The zero-order valence-corrected chi connectivity index (χ0v) is 16.6. The molecule has 3 nitrogen and oxygen atoms in total. The van der Waals surface area contributed by atoms with Crippen LogP contribution in [0, 0.1) is 0 Å². The summed E-state index contributed by atoms with van der Waals surface area (Å²) in [5, 5.41) is 10.7. The maximum absolute atomic E-state index is 13.0. The summed E-state index contributed by atoms with van der Waals surface area (Å²) < 4.78 is 83.5. The van der Waals surface area contributed by atoms with Crippen molar-refractivity contribution >= 4 is 11.9 Å². The molecule has 0 unspecified atom stereocenters. The molecule has 2 aromatic carbocycles. The van der Waals surface area contributed by atoms with Gasteiger partial charge in [0.05, 0.1) is 23.9 Å². The van der Waals surface area contributed by atoms with E-state index in [-0.39, 0.29) is 23.3 Å². The van der Waals surface area contributed by atoms with Crippen LogP contribution < -0.4 is 4.74 Å². The third-order valence-electron chi connectivity index (χ3n) is 5.35. The summed E-state index contributed by atoms with van der Waals surface area (Å²) in [5.41, 5.74) is -2.63. The number of phenols is 1. The maximum Gasteiger partial charge on any atom is 0.416 e. The summed E-state index contributed by atoms with van der Waals surface area (Å²) in [6.07, 6.45) is -3.99. The van der Waals surface area contributed by atoms with Gasteiger partial charge in [-0.25, -0.2) is 0 Å². The number of alkyl halides is 6. The predicted molar refractivity (Wildman–Crippen MR) is 104 cm³/mol. The van der Waals surface area contributed by atoms with E-state index in [4.69, 9.17) is 4.74 Å². The summed E-state index contributed by atoms with van der Waals surface area (Å²) in [6, 6.07) is 4.25. The van der Waals surface area contributed by atoms with Crippen molar-refractivity contribution in [3.8, 4) is 11.5 Å². The number of benzene rings is 2. The second-order valence-corrected chi connectivity index (χ2v) is 7.51.